The fourth-order valence-corrected chi connectivity index (χ4v) is 4.96. The molecule has 3 heterocycles. The van der Waals surface area contributed by atoms with Gasteiger partial charge in [0.25, 0.3) is 0 Å². The van der Waals surface area contributed by atoms with Crippen molar-refractivity contribution in [1.82, 2.24) is 9.80 Å². The molecule has 1 aromatic carbocycles. The van der Waals surface area contributed by atoms with Crippen LogP contribution in [0.4, 0.5) is 16.4 Å². The molecule has 1 aliphatic carbocycles. The number of hydrogen-bond acceptors (Lipinski definition) is 5. The SMILES string of the molecule is Cc1cc2c(s1)N(CC1CC1)c1ccccc1N=C2N1CCN(C)CC1. The maximum absolute atomic E-state index is 5.21. The van der Waals surface area contributed by atoms with Crippen LogP contribution >= 0.6 is 11.3 Å². The van der Waals surface area contributed by atoms with Crippen LogP contribution in [-0.2, 0) is 0 Å². The lowest BCUT2D eigenvalue weighted by Crippen LogP contribution is -2.47. The second kappa shape index (κ2) is 6.39. The van der Waals surface area contributed by atoms with Crippen LogP contribution < -0.4 is 4.90 Å². The van der Waals surface area contributed by atoms with E-state index in [4.69, 9.17) is 4.99 Å². The van der Waals surface area contributed by atoms with Crippen molar-refractivity contribution in [3.05, 3.63) is 40.8 Å². The molecule has 0 unspecified atom stereocenters. The molecule has 1 aromatic heterocycles. The Hall–Kier alpha value is -1.85. The van der Waals surface area contributed by atoms with E-state index in [0.717, 1.165) is 44.3 Å². The van der Waals surface area contributed by atoms with E-state index in [2.05, 4.69) is 59.0 Å². The summed E-state index contributed by atoms with van der Waals surface area (Å²) < 4.78 is 0. The van der Waals surface area contributed by atoms with Crippen molar-refractivity contribution < 1.29 is 0 Å². The molecule has 136 valence electrons. The lowest BCUT2D eigenvalue weighted by molar-refractivity contribution is 0.216. The first-order chi connectivity index (χ1) is 12.7. The zero-order valence-electron chi connectivity index (χ0n) is 15.6. The summed E-state index contributed by atoms with van der Waals surface area (Å²) in [7, 11) is 2.21. The van der Waals surface area contributed by atoms with Crippen LogP contribution in [0, 0.1) is 12.8 Å². The molecule has 0 N–H and O–H groups in total. The summed E-state index contributed by atoms with van der Waals surface area (Å²) in [5, 5.41) is 1.39. The Kier molecular flexibility index (Phi) is 4.02. The normalized spacial score (nSPS) is 20.5. The van der Waals surface area contributed by atoms with Gasteiger partial charge < -0.3 is 14.7 Å². The fourth-order valence-electron chi connectivity index (χ4n) is 3.93. The second-order valence-electron chi connectivity index (χ2n) is 7.84. The average molecular weight is 367 g/mol. The van der Waals surface area contributed by atoms with E-state index in [-0.39, 0.29) is 0 Å². The Balaban J connectivity index is 1.63. The second-order valence-corrected chi connectivity index (χ2v) is 9.08. The first kappa shape index (κ1) is 16.3. The molecular formula is C21H26N4S. The highest BCUT2D eigenvalue weighted by Crippen LogP contribution is 2.46. The third kappa shape index (κ3) is 2.93. The topological polar surface area (TPSA) is 22.1 Å². The highest BCUT2D eigenvalue weighted by Gasteiger charge is 2.32. The predicted octanol–water partition coefficient (Wildman–Crippen LogP) is 4.24. The van der Waals surface area contributed by atoms with E-state index in [0.29, 0.717) is 0 Å². The summed E-state index contributed by atoms with van der Waals surface area (Å²) in [4.78, 5) is 14.0. The highest BCUT2D eigenvalue weighted by molar-refractivity contribution is 7.16. The number of nitrogens with zero attached hydrogens (tertiary/aromatic N) is 4. The van der Waals surface area contributed by atoms with Gasteiger partial charge in [0.1, 0.15) is 10.8 Å². The number of likely N-dealkylation sites (N-methyl/N-ethyl adjacent to an activating group) is 1. The largest absolute Gasteiger partial charge is 0.353 e. The summed E-state index contributed by atoms with van der Waals surface area (Å²) in [5.74, 6) is 2.01. The molecule has 26 heavy (non-hydrogen) atoms. The maximum Gasteiger partial charge on any atom is 0.139 e. The highest BCUT2D eigenvalue weighted by atomic mass is 32.1. The first-order valence-electron chi connectivity index (χ1n) is 9.68. The van der Waals surface area contributed by atoms with Gasteiger partial charge in [-0.25, -0.2) is 4.99 Å². The zero-order chi connectivity index (χ0) is 17.7. The average Bonchev–Trinajstić information content (AvgIpc) is 3.40. The number of rotatable bonds is 2. The number of fused-ring (bicyclic) bond motifs is 2. The predicted molar refractivity (Wildman–Crippen MR) is 110 cm³/mol. The molecule has 0 spiro atoms. The number of para-hydroxylation sites is 2. The van der Waals surface area contributed by atoms with Crippen molar-refractivity contribution in [3.8, 4) is 0 Å². The van der Waals surface area contributed by atoms with Gasteiger partial charge in [0, 0.05) is 37.6 Å². The maximum atomic E-state index is 5.21. The molecule has 5 rings (SSSR count). The molecule has 1 saturated heterocycles. The van der Waals surface area contributed by atoms with Crippen LogP contribution in [0.1, 0.15) is 23.3 Å². The molecule has 0 bridgehead atoms. The Labute approximate surface area is 159 Å². The van der Waals surface area contributed by atoms with Crippen molar-refractivity contribution in [3.63, 3.8) is 0 Å². The van der Waals surface area contributed by atoms with Crippen LogP contribution in [0.3, 0.4) is 0 Å². The van der Waals surface area contributed by atoms with Gasteiger partial charge in [-0.2, -0.15) is 0 Å². The summed E-state index contributed by atoms with van der Waals surface area (Å²) >= 11 is 1.92. The van der Waals surface area contributed by atoms with Gasteiger partial charge in [-0.1, -0.05) is 12.1 Å². The Morgan fingerprint density at radius 1 is 1.12 bits per heavy atom. The summed E-state index contributed by atoms with van der Waals surface area (Å²) in [6, 6.07) is 11.0. The number of amidine groups is 1. The lowest BCUT2D eigenvalue weighted by atomic mass is 10.2. The minimum atomic E-state index is 0.837. The van der Waals surface area contributed by atoms with Crippen molar-refractivity contribution in [1.29, 1.82) is 0 Å². The van der Waals surface area contributed by atoms with Crippen molar-refractivity contribution >= 4 is 33.5 Å². The molecule has 4 nitrogen and oxygen atoms in total. The summed E-state index contributed by atoms with van der Waals surface area (Å²) in [6.07, 6.45) is 2.73. The smallest absolute Gasteiger partial charge is 0.139 e. The van der Waals surface area contributed by atoms with Gasteiger partial charge in [0.2, 0.25) is 0 Å². The van der Waals surface area contributed by atoms with E-state index < -0.39 is 0 Å². The van der Waals surface area contributed by atoms with Crippen molar-refractivity contribution in [2.75, 3.05) is 44.7 Å². The molecular weight excluding hydrogens is 340 g/mol. The van der Waals surface area contributed by atoms with Gasteiger partial charge in [-0.15, -0.1) is 11.3 Å². The number of aliphatic imine (C=N–C) groups is 1. The Morgan fingerprint density at radius 3 is 2.65 bits per heavy atom. The molecule has 1 saturated carbocycles. The molecule has 2 aromatic rings. The van der Waals surface area contributed by atoms with E-state index >= 15 is 0 Å². The van der Waals surface area contributed by atoms with E-state index in [1.54, 1.807) is 0 Å². The van der Waals surface area contributed by atoms with Gasteiger partial charge in [0.15, 0.2) is 0 Å². The quantitative estimate of drug-likeness (QED) is 0.793. The van der Waals surface area contributed by atoms with Crippen LogP contribution in [-0.4, -0.2) is 55.4 Å². The van der Waals surface area contributed by atoms with Gasteiger partial charge in [-0.3, -0.25) is 0 Å². The van der Waals surface area contributed by atoms with Gasteiger partial charge in [-0.05, 0) is 50.9 Å². The van der Waals surface area contributed by atoms with Crippen molar-refractivity contribution in [2.45, 2.75) is 19.8 Å². The third-order valence-corrected chi connectivity index (χ3v) is 6.73. The monoisotopic (exact) mass is 366 g/mol. The van der Waals surface area contributed by atoms with Crippen LogP contribution in [0.5, 0.6) is 0 Å². The number of hydrogen-bond donors (Lipinski definition) is 0. The van der Waals surface area contributed by atoms with Gasteiger partial charge >= 0.3 is 0 Å². The van der Waals surface area contributed by atoms with Crippen LogP contribution in [0.15, 0.2) is 35.3 Å². The number of piperazine rings is 1. The number of thiophene rings is 1. The molecule has 3 aliphatic rings. The molecule has 0 radical (unpaired) electrons. The molecule has 0 amide bonds. The van der Waals surface area contributed by atoms with E-state index in [9.17, 15) is 0 Å². The van der Waals surface area contributed by atoms with Crippen LogP contribution in [0.2, 0.25) is 0 Å². The van der Waals surface area contributed by atoms with Crippen LogP contribution in [0.25, 0.3) is 0 Å². The lowest BCUT2D eigenvalue weighted by Gasteiger charge is -2.34. The molecule has 2 fully saturated rings. The summed E-state index contributed by atoms with van der Waals surface area (Å²) in [5.41, 5.74) is 3.71. The number of anilines is 2. The minimum Gasteiger partial charge on any atom is -0.353 e. The Morgan fingerprint density at radius 2 is 1.88 bits per heavy atom. The molecule has 2 aliphatic heterocycles. The van der Waals surface area contributed by atoms with Crippen molar-refractivity contribution in [2.24, 2.45) is 10.9 Å². The van der Waals surface area contributed by atoms with Gasteiger partial charge in [0.05, 0.1) is 16.9 Å². The summed E-state index contributed by atoms with van der Waals surface area (Å²) in [6.45, 7) is 7.65. The number of benzene rings is 1. The number of aryl methyl sites for hydroxylation is 1. The minimum absolute atomic E-state index is 0.837. The Bertz CT molecular complexity index is 843. The molecule has 0 atom stereocenters. The zero-order valence-corrected chi connectivity index (χ0v) is 16.4. The first-order valence-corrected chi connectivity index (χ1v) is 10.5. The molecule has 5 heteroatoms. The standard InChI is InChI=1S/C21H26N4S/c1-15-13-17-20(24-11-9-23(2)10-12-24)22-18-5-3-4-6-19(18)25(21(17)26-15)14-16-7-8-16/h3-6,13,16H,7-12,14H2,1-2H3. The fraction of sp³-hybridized carbons (Fsp3) is 0.476. The third-order valence-electron chi connectivity index (χ3n) is 5.66. The van der Waals surface area contributed by atoms with E-state index in [1.807, 2.05) is 11.3 Å². The van der Waals surface area contributed by atoms with E-state index in [1.165, 1.54) is 39.8 Å².